The van der Waals surface area contributed by atoms with E-state index in [-0.39, 0.29) is 33.6 Å². The Balaban J connectivity index is 1.73. The quantitative estimate of drug-likeness (QED) is 0.559. The highest BCUT2D eigenvalue weighted by Gasteiger charge is 2.39. The van der Waals surface area contributed by atoms with Crippen molar-refractivity contribution in [1.29, 1.82) is 0 Å². The predicted octanol–water partition coefficient (Wildman–Crippen LogP) is 4.76. The number of halogens is 2. The summed E-state index contributed by atoms with van der Waals surface area (Å²) in [5.74, 6) is 0.0298. The molecule has 0 radical (unpaired) electrons. The summed E-state index contributed by atoms with van der Waals surface area (Å²) >= 11 is 12.4. The number of para-hydroxylation sites is 1. The minimum absolute atomic E-state index is 0.0683. The lowest BCUT2D eigenvalue weighted by Crippen LogP contribution is -2.50. The van der Waals surface area contributed by atoms with Crippen LogP contribution in [0.25, 0.3) is 0 Å². The number of fused-ring (bicyclic) bond motifs is 1. The first kappa shape index (κ1) is 22.6. The molecule has 0 saturated heterocycles. The topological polar surface area (TPSA) is 75.7 Å². The zero-order chi connectivity index (χ0) is 22.9. The number of nitrogens with one attached hydrogen (secondary N) is 1. The number of anilines is 1. The Morgan fingerprint density at radius 1 is 0.969 bits per heavy atom. The van der Waals surface area contributed by atoms with E-state index in [1.165, 1.54) is 23.5 Å². The van der Waals surface area contributed by atoms with Crippen LogP contribution in [0.15, 0.2) is 71.6 Å². The first-order chi connectivity index (χ1) is 15.3. The largest absolute Gasteiger partial charge is 0.497 e. The van der Waals surface area contributed by atoms with E-state index in [1.807, 2.05) is 24.3 Å². The van der Waals surface area contributed by atoms with Crippen molar-refractivity contribution in [3.63, 3.8) is 0 Å². The smallest absolute Gasteiger partial charge is 0.244 e. The van der Waals surface area contributed by atoms with Crippen LogP contribution in [-0.2, 0) is 27.8 Å². The molecule has 3 aromatic carbocycles. The van der Waals surface area contributed by atoms with Crippen molar-refractivity contribution in [2.75, 3.05) is 12.4 Å². The Labute approximate surface area is 196 Å². The average Bonchev–Trinajstić information content (AvgIpc) is 2.80. The first-order valence-corrected chi connectivity index (χ1v) is 12.0. The average molecular weight is 491 g/mol. The lowest BCUT2D eigenvalue weighted by molar-refractivity contribution is -0.120. The summed E-state index contributed by atoms with van der Waals surface area (Å²) in [4.78, 5) is 13.4. The number of hydrogen-bond donors (Lipinski definition) is 1. The second-order valence-corrected chi connectivity index (χ2v) is 10.0. The van der Waals surface area contributed by atoms with Gasteiger partial charge in [-0.15, -0.1) is 0 Å². The molecule has 1 atom stereocenters. The third-order valence-corrected chi connectivity index (χ3v) is 7.88. The fourth-order valence-corrected chi connectivity index (χ4v) is 5.74. The van der Waals surface area contributed by atoms with Crippen LogP contribution in [0.3, 0.4) is 0 Å². The van der Waals surface area contributed by atoms with Crippen LogP contribution in [0.2, 0.25) is 10.0 Å². The van der Waals surface area contributed by atoms with Crippen LogP contribution in [0.4, 0.5) is 5.69 Å². The highest BCUT2D eigenvalue weighted by atomic mass is 35.5. The molecule has 0 bridgehead atoms. The van der Waals surface area contributed by atoms with Gasteiger partial charge in [0.05, 0.1) is 27.7 Å². The van der Waals surface area contributed by atoms with Gasteiger partial charge >= 0.3 is 0 Å². The van der Waals surface area contributed by atoms with Gasteiger partial charge in [0.2, 0.25) is 15.9 Å². The maximum absolute atomic E-state index is 13.6. The van der Waals surface area contributed by atoms with Gasteiger partial charge in [-0.1, -0.05) is 53.5 Å². The molecule has 166 valence electrons. The first-order valence-electron chi connectivity index (χ1n) is 9.79. The third kappa shape index (κ3) is 4.34. The van der Waals surface area contributed by atoms with Gasteiger partial charge in [-0.2, -0.15) is 4.31 Å². The Morgan fingerprint density at radius 3 is 2.22 bits per heavy atom. The highest BCUT2D eigenvalue weighted by Crippen LogP contribution is 2.33. The molecule has 3 aromatic rings. The van der Waals surface area contributed by atoms with E-state index < -0.39 is 22.0 Å². The molecular formula is C23H20Cl2N2O4S. The van der Waals surface area contributed by atoms with Crippen LogP contribution >= 0.6 is 23.2 Å². The number of sulfonamides is 1. The van der Waals surface area contributed by atoms with Crippen LogP contribution < -0.4 is 10.1 Å². The molecule has 1 N–H and O–H groups in total. The molecule has 1 aliphatic rings. The van der Waals surface area contributed by atoms with Crippen molar-refractivity contribution >= 4 is 44.8 Å². The standard InChI is InChI=1S/C23H20Cl2N2O4S/c1-31-17-9-11-18(12-10-17)32(29,30)27-14-16-6-3-2-5-15(16)13-21(27)23(28)26-22-19(24)7-4-8-20(22)25/h2-12,21H,13-14H2,1H3,(H,26,28)/t21-/m1/s1. The van der Waals surface area contributed by atoms with E-state index in [0.717, 1.165) is 11.1 Å². The van der Waals surface area contributed by atoms with E-state index in [9.17, 15) is 13.2 Å². The Morgan fingerprint density at radius 2 is 1.59 bits per heavy atom. The molecule has 1 heterocycles. The van der Waals surface area contributed by atoms with Gasteiger partial charge < -0.3 is 10.1 Å². The Hall–Kier alpha value is -2.58. The van der Waals surface area contributed by atoms with Crippen LogP contribution in [0.5, 0.6) is 5.75 Å². The van der Waals surface area contributed by atoms with Crippen molar-refractivity contribution in [1.82, 2.24) is 4.31 Å². The summed E-state index contributed by atoms with van der Waals surface area (Å²) < 4.78 is 33.4. The monoisotopic (exact) mass is 490 g/mol. The molecular weight excluding hydrogens is 471 g/mol. The third-order valence-electron chi connectivity index (χ3n) is 5.39. The van der Waals surface area contributed by atoms with E-state index in [1.54, 1.807) is 30.3 Å². The number of carbonyl (C=O) groups is 1. The lowest BCUT2D eigenvalue weighted by atomic mass is 9.95. The van der Waals surface area contributed by atoms with E-state index >= 15 is 0 Å². The summed E-state index contributed by atoms with van der Waals surface area (Å²) in [5.41, 5.74) is 2.02. The SMILES string of the molecule is COc1ccc(S(=O)(=O)N2Cc3ccccc3C[C@@H]2C(=O)Nc2c(Cl)cccc2Cl)cc1. The Kier molecular flexibility index (Phi) is 6.44. The number of amides is 1. The molecule has 9 heteroatoms. The highest BCUT2D eigenvalue weighted by molar-refractivity contribution is 7.89. The second kappa shape index (κ2) is 9.11. The van der Waals surface area contributed by atoms with Gasteiger partial charge in [-0.05, 0) is 53.9 Å². The normalized spacial score (nSPS) is 16.3. The maximum Gasteiger partial charge on any atom is 0.244 e. The second-order valence-electron chi connectivity index (χ2n) is 7.30. The van der Waals surface area contributed by atoms with E-state index in [4.69, 9.17) is 27.9 Å². The summed E-state index contributed by atoms with van der Waals surface area (Å²) in [5, 5.41) is 3.26. The summed E-state index contributed by atoms with van der Waals surface area (Å²) in [6.45, 7) is 0.0683. The zero-order valence-electron chi connectivity index (χ0n) is 17.1. The van der Waals surface area contributed by atoms with Gasteiger partial charge in [0.1, 0.15) is 11.8 Å². The zero-order valence-corrected chi connectivity index (χ0v) is 19.4. The summed E-state index contributed by atoms with van der Waals surface area (Å²) in [6.07, 6.45) is 0.222. The van der Waals surface area contributed by atoms with Gasteiger partial charge in [0.25, 0.3) is 0 Å². The maximum atomic E-state index is 13.6. The summed E-state index contributed by atoms with van der Waals surface area (Å²) in [7, 11) is -2.48. The van der Waals surface area contributed by atoms with E-state index in [0.29, 0.717) is 5.75 Å². The molecule has 32 heavy (non-hydrogen) atoms. The van der Waals surface area contributed by atoms with Gasteiger partial charge in [0.15, 0.2) is 0 Å². The predicted molar refractivity (Wildman–Crippen MR) is 125 cm³/mol. The number of ether oxygens (including phenoxy) is 1. The molecule has 6 nitrogen and oxygen atoms in total. The molecule has 0 saturated carbocycles. The number of benzene rings is 3. The number of carbonyl (C=O) groups excluding carboxylic acids is 1. The molecule has 0 aromatic heterocycles. The number of methoxy groups -OCH3 is 1. The van der Waals surface area contributed by atoms with Crippen LogP contribution in [-0.4, -0.2) is 31.8 Å². The fourth-order valence-electron chi connectivity index (χ4n) is 3.68. The van der Waals surface area contributed by atoms with Crippen LogP contribution in [0, 0.1) is 0 Å². The molecule has 0 spiro atoms. The molecule has 4 rings (SSSR count). The molecule has 0 fully saturated rings. The lowest BCUT2D eigenvalue weighted by Gasteiger charge is -2.35. The van der Waals surface area contributed by atoms with Crippen molar-refractivity contribution in [2.45, 2.75) is 23.9 Å². The van der Waals surface area contributed by atoms with Crippen molar-refractivity contribution < 1.29 is 17.9 Å². The molecule has 1 amide bonds. The minimum Gasteiger partial charge on any atom is -0.497 e. The minimum atomic E-state index is -3.99. The fraction of sp³-hybridized carbons (Fsp3) is 0.174. The van der Waals surface area contributed by atoms with Gasteiger partial charge in [0, 0.05) is 6.54 Å². The van der Waals surface area contributed by atoms with Gasteiger partial charge in [-0.3, -0.25) is 4.79 Å². The Bertz CT molecular complexity index is 1240. The van der Waals surface area contributed by atoms with Crippen molar-refractivity contribution in [3.8, 4) is 5.75 Å². The number of nitrogens with zero attached hydrogens (tertiary/aromatic N) is 1. The number of rotatable bonds is 5. The van der Waals surface area contributed by atoms with Gasteiger partial charge in [-0.25, -0.2) is 8.42 Å². The van der Waals surface area contributed by atoms with Crippen molar-refractivity contribution in [2.24, 2.45) is 0 Å². The molecule has 0 aliphatic carbocycles. The molecule has 1 aliphatic heterocycles. The number of hydrogen-bond acceptors (Lipinski definition) is 4. The van der Waals surface area contributed by atoms with E-state index in [2.05, 4.69) is 5.32 Å². The van der Waals surface area contributed by atoms with Crippen molar-refractivity contribution in [3.05, 3.63) is 87.9 Å². The summed E-state index contributed by atoms with van der Waals surface area (Å²) in [6, 6.07) is 17.4. The van der Waals surface area contributed by atoms with Crippen LogP contribution in [0.1, 0.15) is 11.1 Å². The molecule has 0 unspecified atom stereocenters.